The van der Waals surface area contributed by atoms with Crippen LogP contribution in [0.25, 0.3) is 0 Å². The van der Waals surface area contributed by atoms with Crippen LogP contribution >= 0.6 is 0 Å². The molecular formula is C16H20N4O2. The molecule has 0 saturated heterocycles. The maximum Gasteiger partial charge on any atom is 0.314 e. The van der Waals surface area contributed by atoms with Crippen molar-refractivity contribution in [1.29, 1.82) is 0 Å². The Morgan fingerprint density at radius 1 is 1.36 bits per heavy atom. The number of hydrogen-bond donors (Lipinski definition) is 2. The summed E-state index contributed by atoms with van der Waals surface area (Å²) in [6.45, 7) is 2.00. The zero-order chi connectivity index (χ0) is 15.2. The third kappa shape index (κ3) is 3.78. The minimum absolute atomic E-state index is 0.0223. The first-order valence-corrected chi connectivity index (χ1v) is 7.53. The Morgan fingerprint density at radius 3 is 3.09 bits per heavy atom. The van der Waals surface area contributed by atoms with Gasteiger partial charge in [-0.2, -0.15) is 0 Å². The van der Waals surface area contributed by atoms with E-state index in [9.17, 15) is 4.79 Å². The van der Waals surface area contributed by atoms with Crippen LogP contribution in [0.3, 0.4) is 0 Å². The largest absolute Gasteiger partial charge is 0.488 e. The number of carbonyl (C=O) groups excluding carboxylic acids is 1. The number of ether oxygens (including phenoxy) is 1. The Kier molecular flexibility index (Phi) is 4.58. The molecule has 0 radical (unpaired) electrons. The highest BCUT2D eigenvalue weighted by atomic mass is 16.5. The minimum Gasteiger partial charge on any atom is -0.488 e. The predicted molar refractivity (Wildman–Crippen MR) is 82.8 cm³/mol. The smallest absolute Gasteiger partial charge is 0.314 e. The van der Waals surface area contributed by atoms with Crippen LogP contribution in [0.15, 0.2) is 43.0 Å². The highest BCUT2D eigenvalue weighted by Gasteiger charge is 2.22. The Morgan fingerprint density at radius 2 is 2.27 bits per heavy atom. The summed E-state index contributed by atoms with van der Waals surface area (Å²) < 4.78 is 7.77. The Bertz CT molecular complexity index is 587. The average Bonchev–Trinajstić information content (AvgIpc) is 3.18. The Balaban J connectivity index is 1.30. The lowest BCUT2D eigenvalue weighted by atomic mass is 10.1. The number of carbonyl (C=O) groups is 1. The lowest BCUT2D eigenvalue weighted by Gasteiger charge is -2.12. The van der Waals surface area contributed by atoms with Gasteiger partial charge in [-0.05, 0) is 18.1 Å². The molecule has 0 spiro atoms. The first kappa shape index (κ1) is 14.4. The molecule has 22 heavy (non-hydrogen) atoms. The van der Waals surface area contributed by atoms with Gasteiger partial charge in [-0.25, -0.2) is 9.78 Å². The van der Waals surface area contributed by atoms with Crippen molar-refractivity contribution >= 4 is 6.03 Å². The number of urea groups is 1. The molecular weight excluding hydrogens is 280 g/mol. The van der Waals surface area contributed by atoms with Crippen molar-refractivity contribution in [3.8, 4) is 5.75 Å². The number of amides is 2. The number of imidazole rings is 1. The third-order valence-electron chi connectivity index (χ3n) is 3.64. The van der Waals surface area contributed by atoms with Crippen molar-refractivity contribution in [3.05, 3.63) is 48.5 Å². The summed E-state index contributed by atoms with van der Waals surface area (Å²) in [7, 11) is 0. The standard InChI is InChI=1S/C16H20N4O2/c21-16(18-6-3-8-20-9-7-17-12-20)19-11-14-10-13-4-1-2-5-15(13)22-14/h1-2,4-5,7,9,12,14H,3,6,8,10-11H2,(H2,18,19,21)/t14-/m1/s1. The van der Waals surface area contributed by atoms with Crippen molar-refractivity contribution < 1.29 is 9.53 Å². The molecule has 0 bridgehead atoms. The van der Waals surface area contributed by atoms with Gasteiger partial charge in [0.1, 0.15) is 11.9 Å². The van der Waals surface area contributed by atoms with Gasteiger partial charge in [0.2, 0.25) is 0 Å². The Hall–Kier alpha value is -2.50. The summed E-state index contributed by atoms with van der Waals surface area (Å²) in [5.41, 5.74) is 1.20. The van der Waals surface area contributed by atoms with Crippen molar-refractivity contribution in [1.82, 2.24) is 20.2 Å². The van der Waals surface area contributed by atoms with E-state index in [0.29, 0.717) is 13.1 Å². The zero-order valence-electron chi connectivity index (χ0n) is 12.4. The maximum atomic E-state index is 11.7. The molecule has 2 amide bonds. The van der Waals surface area contributed by atoms with Crippen LogP contribution < -0.4 is 15.4 Å². The first-order chi connectivity index (χ1) is 10.8. The molecule has 0 unspecified atom stereocenters. The molecule has 6 heteroatoms. The fourth-order valence-corrected chi connectivity index (χ4v) is 2.52. The number of nitrogens with zero attached hydrogens (tertiary/aromatic N) is 2. The van der Waals surface area contributed by atoms with Crippen LogP contribution in [-0.2, 0) is 13.0 Å². The summed E-state index contributed by atoms with van der Waals surface area (Å²) in [5.74, 6) is 0.926. The lowest BCUT2D eigenvalue weighted by molar-refractivity contribution is 0.214. The molecule has 0 fully saturated rings. The van der Waals surface area contributed by atoms with Crippen molar-refractivity contribution in [2.75, 3.05) is 13.1 Å². The van der Waals surface area contributed by atoms with E-state index in [1.807, 2.05) is 29.0 Å². The third-order valence-corrected chi connectivity index (χ3v) is 3.64. The normalized spacial score (nSPS) is 15.9. The second-order valence-corrected chi connectivity index (χ2v) is 5.34. The van der Waals surface area contributed by atoms with Gasteiger partial charge >= 0.3 is 6.03 Å². The van der Waals surface area contributed by atoms with Gasteiger partial charge in [0, 0.05) is 31.9 Å². The minimum atomic E-state index is -0.148. The molecule has 0 saturated carbocycles. The van der Waals surface area contributed by atoms with Crippen molar-refractivity contribution in [2.24, 2.45) is 0 Å². The van der Waals surface area contributed by atoms with Gasteiger partial charge in [0.25, 0.3) is 0 Å². The van der Waals surface area contributed by atoms with E-state index in [0.717, 1.165) is 25.1 Å². The van der Waals surface area contributed by atoms with E-state index in [1.165, 1.54) is 5.56 Å². The molecule has 1 aromatic carbocycles. The van der Waals surface area contributed by atoms with Crippen LogP contribution in [0.5, 0.6) is 5.75 Å². The van der Waals surface area contributed by atoms with E-state index in [1.54, 1.807) is 12.5 Å². The zero-order valence-corrected chi connectivity index (χ0v) is 12.4. The highest BCUT2D eigenvalue weighted by molar-refractivity contribution is 5.73. The van der Waals surface area contributed by atoms with E-state index in [4.69, 9.17) is 4.74 Å². The predicted octanol–water partition coefficient (Wildman–Crippen LogP) is 1.58. The number of aromatic nitrogens is 2. The van der Waals surface area contributed by atoms with Crippen molar-refractivity contribution in [2.45, 2.75) is 25.5 Å². The second-order valence-electron chi connectivity index (χ2n) is 5.34. The summed E-state index contributed by atoms with van der Waals surface area (Å²) in [6.07, 6.45) is 7.17. The molecule has 1 atom stereocenters. The highest BCUT2D eigenvalue weighted by Crippen LogP contribution is 2.27. The number of fused-ring (bicyclic) bond motifs is 1. The molecule has 116 valence electrons. The molecule has 0 aliphatic carbocycles. The van der Waals surface area contributed by atoms with E-state index in [-0.39, 0.29) is 12.1 Å². The van der Waals surface area contributed by atoms with E-state index < -0.39 is 0 Å². The first-order valence-electron chi connectivity index (χ1n) is 7.53. The summed E-state index contributed by atoms with van der Waals surface area (Å²) >= 11 is 0. The number of para-hydroxylation sites is 1. The summed E-state index contributed by atoms with van der Waals surface area (Å²) in [6, 6.07) is 7.84. The van der Waals surface area contributed by atoms with E-state index in [2.05, 4.69) is 21.7 Å². The topological polar surface area (TPSA) is 68.2 Å². The molecule has 1 aliphatic rings. The molecule has 2 aromatic rings. The van der Waals surface area contributed by atoms with Crippen molar-refractivity contribution in [3.63, 3.8) is 0 Å². The molecule has 3 rings (SSSR count). The van der Waals surface area contributed by atoms with Gasteiger partial charge in [-0.15, -0.1) is 0 Å². The fourth-order valence-electron chi connectivity index (χ4n) is 2.52. The molecule has 2 N–H and O–H groups in total. The van der Waals surface area contributed by atoms with Gasteiger partial charge in [0.05, 0.1) is 12.9 Å². The van der Waals surface area contributed by atoms with E-state index >= 15 is 0 Å². The number of aryl methyl sites for hydroxylation is 1. The summed E-state index contributed by atoms with van der Waals surface area (Å²) in [5, 5.41) is 5.71. The van der Waals surface area contributed by atoms with Gasteiger partial charge < -0.3 is 19.9 Å². The SMILES string of the molecule is O=C(NCCCn1ccnc1)NC[C@H]1Cc2ccccc2O1. The Labute approximate surface area is 129 Å². The van der Waals surface area contributed by atoms with Gasteiger partial charge in [-0.1, -0.05) is 18.2 Å². The quantitative estimate of drug-likeness (QED) is 0.796. The monoisotopic (exact) mass is 300 g/mol. The number of nitrogens with one attached hydrogen (secondary N) is 2. The fraction of sp³-hybridized carbons (Fsp3) is 0.375. The summed E-state index contributed by atoms with van der Waals surface area (Å²) in [4.78, 5) is 15.7. The van der Waals surface area contributed by atoms with Crippen LogP contribution in [0.2, 0.25) is 0 Å². The maximum absolute atomic E-state index is 11.7. The van der Waals surface area contributed by atoms with Crippen LogP contribution in [0.1, 0.15) is 12.0 Å². The van der Waals surface area contributed by atoms with Crippen LogP contribution in [0, 0.1) is 0 Å². The molecule has 2 heterocycles. The van der Waals surface area contributed by atoms with Gasteiger partial charge in [0.15, 0.2) is 0 Å². The molecule has 1 aliphatic heterocycles. The average molecular weight is 300 g/mol. The molecule has 6 nitrogen and oxygen atoms in total. The number of hydrogen-bond acceptors (Lipinski definition) is 3. The lowest BCUT2D eigenvalue weighted by Crippen LogP contribution is -2.41. The number of rotatable bonds is 6. The van der Waals surface area contributed by atoms with Gasteiger partial charge in [-0.3, -0.25) is 0 Å². The number of benzene rings is 1. The van der Waals surface area contributed by atoms with Crippen LogP contribution in [-0.4, -0.2) is 34.8 Å². The second kappa shape index (κ2) is 6.98. The molecule has 1 aromatic heterocycles. The van der Waals surface area contributed by atoms with Crippen LogP contribution in [0.4, 0.5) is 4.79 Å².